The van der Waals surface area contributed by atoms with E-state index in [2.05, 4.69) is 10.3 Å². The molecule has 120 valence electrons. The second kappa shape index (κ2) is 5.96. The van der Waals surface area contributed by atoms with Crippen LogP contribution in [0.1, 0.15) is 20.8 Å². The molecule has 3 aromatic rings. The highest BCUT2D eigenvalue weighted by Crippen LogP contribution is 2.25. The fourth-order valence-corrected chi connectivity index (χ4v) is 2.42. The van der Waals surface area contributed by atoms with Gasteiger partial charge in [0.05, 0.1) is 11.3 Å². The Balaban J connectivity index is 2.06. The molecule has 1 aromatic heterocycles. The number of anilines is 2. The van der Waals surface area contributed by atoms with E-state index in [0.717, 1.165) is 12.1 Å². The molecular formula is C17H12FN3O3. The van der Waals surface area contributed by atoms with E-state index in [9.17, 15) is 14.0 Å². The van der Waals surface area contributed by atoms with Gasteiger partial charge in [0, 0.05) is 22.7 Å². The maximum Gasteiger partial charge on any atom is 0.337 e. The van der Waals surface area contributed by atoms with Crippen molar-refractivity contribution in [1.82, 2.24) is 4.98 Å². The molecule has 6 nitrogen and oxygen atoms in total. The van der Waals surface area contributed by atoms with Crippen molar-refractivity contribution in [3.05, 3.63) is 65.7 Å². The highest BCUT2D eigenvalue weighted by molar-refractivity contribution is 6.14. The van der Waals surface area contributed by atoms with Gasteiger partial charge in [-0.1, -0.05) is 12.1 Å². The number of benzene rings is 2. The number of nitrogens with one attached hydrogen (secondary N) is 1. The summed E-state index contributed by atoms with van der Waals surface area (Å²) >= 11 is 0. The number of amides is 1. The molecular weight excluding hydrogens is 313 g/mol. The van der Waals surface area contributed by atoms with Crippen molar-refractivity contribution in [3.8, 4) is 0 Å². The van der Waals surface area contributed by atoms with Gasteiger partial charge in [0.1, 0.15) is 11.5 Å². The lowest BCUT2D eigenvalue weighted by Gasteiger charge is -2.10. The summed E-state index contributed by atoms with van der Waals surface area (Å²) in [5, 5.41) is 12.4. The van der Waals surface area contributed by atoms with E-state index in [1.54, 1.807) is 18.2 Å². The van der Waals surface area contributed by atoms with Crippen LogP contribution in [0, 0.1) is 5.82 Å². The number of aromatic nitrogens is 1. The number of halogens is 1. The lowest BCUT2D eigenvalue weighted by molar-refractivity contribution is 0.0698. The minimum atomic E-state index is -1.17. The van der Waals surface area contributed by atoms with Gasteiger partial charge in [-0.3, -0.25) is 9.78 Å². The van der Waals surface area contributed by atoms with Gasteiger partial charge in [-0.15, -0.1) is 0 Å². The van der Waals surface area contributed by atoms with Gasteiger partial charge < -0.3 is 16.2 Å². The SMILES string of the molecule is Nc1cc(F)cc2c(C(=O)Nc3ccccc3C(=O)O)nccc12. The van der Waals surface area contributed by atoms with Crippen LogP contribution in [0.15, 0.2) is 48.7 Å². The summed E-state index contributed by atoms with van der Waals surface area (Å²) in [4.78, 5) is 27.7. The second-order valence-corrected chi connectivity index (χ2v) is 5.05. The van der Waals surface area contributed by atoms with Crippen LogP contribution >= 0.6 is 0 Å². The van der Waals surface area contributed by atoms with Crippen molar-refractivity contribution in [1.29, 1.82) is 0 Å². The number of carbonyl (C=O) groups is 2. The number of nitrogens with zero attached hydrogens (tertiary/aromatic N) is 1. The number of hydrogen-bond donors (Lipinski definition) is 3. The lowest BCUT2D eigenvalue weighted by Crippen LogP contribution is -2.16. The average Bonchev–Trinajstić information content (AvgIpc) is 2.54. The fraction of sp³-hybridized carbons (Fsp3) is 0. The summed E-state index contributed by atoms with van der Waals surface area (Å²) in [6.45, 7) is 0. The first-order valence-electron chi connectivity index (χ1n) is 6.95. The molecule has 3 rings (SSSR count). The smallest absolute Gasteiger partial charge is 0.337 e. The Morgan fingerprint density at radius 3 is 2.62 bits per heavy atom. The molecule has 0 saturated carbocycles. The summed E-state index contributed by atoms with van der Waals surface area (Å²) in [6, 6.07) is 9.86. The van der Waals surface area contributed by atoms with Gasteiger partial charge in [-0.2, -0.15) is 0 Å². The molecule has 0 fully saturated rings. The molecule has 1 amide bonds. The first-order valence-corrected chi connectivity index (χ1v) is 6.95. The predicted molar refractivity (Wildman–Crippen MR) is 87.5 cm³/mol. The second-order valence-electron chi connectivity index (χ2n) is 5.05. The third-order valence-corrected chi connectivity index (χ3v) is 3.50. The quantitative estimate of drug-likeness (QED) is 0.642. The maximum atomic E-state index is 13.6. The number of hydrogen-bond acceptors (Lipinski definition) is 4. The predicted octanol–water partition coefficient (Wildman–Crippen LogP) is 2.91. The Morgan fingerprint density at radius 1 is 1.12 bits per heavy atom. The summed E-state index contributed by atoms with van der Waals surface area (Å²) < 4.78 is 13.6. The minimum absolute atomic E-state index is 0.0427. The fourth-order valence-electron chi connectivity index (χ4n) is 2.42. The van der Waals surface area contributed by atoms with E-state index in [1.165, 1.54) is 18.3 Å². The van der Waals surface area contributed by atoms with E-state index in [-0.39, 0.29) is 28.0 Å². The number of aromatic carboxylic acids is 1. The van der Waals surface area contributed by atoms with Crippen LogP contribution in [0.4, 0.5) is 15.8 Å². The molecule has 0 aliphatic carbocycles. The summed E-state index contributed by atoms with van der Waals surface area (Å²) in [5.74, 6) is -2.42. The Bertz CT molecular complexity index is 972. The van der Waals surface area contributed by atoms with E-state index in [0.29, 0.717) is 5.39 Å². The number of pyridine rings is 1. The lowest BCUT2D eigenvalue weighted by atomic mass is 10.1. The number of fused-ring (bicyclic) bond motifs is 1. The molecule has 0 aliphatic heterocycles. The van der Waals surface area contributed by atoms with Crippen LogP contribution in [0.25, 0.3) is 10.8 Å². The van der Waals surface area contributed by atoms with Gasteiger partial charge in [-0.25, -0.2) is 9.18 Å². The maximum absolute atomic E-state index is 13.6. The van der Waals surface area contributed by atoms with Crippen molar-refractivity contribution in [2.24, 2.45) is 0 Å². The van der Waals surface area contributed by atoms with E-state index >= 15 is 0 Å². The Kier molecular flexibility index (Phi) is 3.83. The number of carboxylic acid groups (broad SMARTS) is 1. The van der Waals surface area contributed by atoms with Crippen molar-refractivity contribution in [2.75, 3.05) is 11.1 Å². The zero-order valence-electron chi connectivity index (χ0n) is 12.3. The number of nitrogen functional groups attached to an aromatic ring is 1. The van der Waals surface area contributed by atoms with Gasteiger partial charge in [0.2, 0.25) is 0 Å². The van der Waals surface area contributed by atoms with Gasteiger partial charge in [-0.05, 0) is 30.3 Å². The number of para-hydroxylation sites is 1. The van der Waals surface area contributed by atoms with E-state index in [4.69, 9.17) is 10.8 Å². The number of nitrogens with two attached hydrogens (primary N) is 1. The molecule has 0 radical (unpaired) electrons. The standard InChI is InChI=1S/C17H12FN3O3/c18-9-7-12-10(13(19)8-9)5-6-20-15(12)16(22)21-14-4-2-1-3-11(14)17(23)24/h1-8H,19H2,(H,21,22)(H,23,24). The van der Waals surface area contributed by atoms with Crippen LogP contribution in [0.5, 0.6) is 0 Å². The van der Waals surface area contributed by atoms with Crippen molar-refractivity contribution >= 4 is 34.0 Å². The van der Waals surface area contributed by atoms with Crippen molar-refractivity contribution in [2.45, 2.75) is 0 Å². The van der Waals surface area contributed by atoms with Crippen LogP contribution in [0.2, 0.25) is 0 Å². The highest BCUT2D eigenvalue weighted by Gasteiger charge is 2.17. The third kappa shape index (κ3) is 2.74. The third-order valence-electron chi connectivity index (χ3n) is 3.50. The van der Waals surface area contributed by atoms with Crippen LogP contribution < -0.4 is 11.1 Å². The van der Waals surface area contributed by atoms with Gasteiger partial charge in [0.15, 0.2) is 0 Å². The monoisotopic (exact) mass is 325 g/mol. The van der Waals surface area contributed by atoms with Crippen LogP contribution in [0.3, 0.4) is 0 Å². The first-order chi connectivity index (χ1) is 11.5. The minimum Gasteiger partial charge on any atom is -0.478 e. The molecule has 7 heteroatoms. The highest BCUT2D eigenvalue weighted by atomic mass is 19.1. The molecule has 0 saturated heterocycles. The molecule has 4 N–H and O–H groups in total. The number of carboxylic acids is 1. The molecule has 0 bridgehead atoms. The van der Waals surface area contributed by atoms with Crippen molar-refractivity contribution in [3.63, 3.8) is 0 Å². The van der Waals surface area contributed by atoms with Crippen LogP contribution in [-0.4, -0.2) is 22.0 Å². The molecule has 2 aromatic carbocycles. The van der Waals surface area contributed by atoms with Crippen LogP contribution in [-0.2, 0) is 0 Å². The molecule has 0 atom stereocenters. The Morgan fingerprint density at radius 2 is 1.88 bits per heavy atom. The zero-order chi connectivity index (χ0) is 17.3. The largest absolute Gasteiger partial charge is 0.478 e. The molecule has 1 heterocycles. The van der Waals surface area contributed by atoms with Gasteiger partial charge >= 0.3 is 5.97 Å². The van der Waals surface area contributed by atoms with Crippen molar-refractivity contribution < 1.29 is 19.1 Å². The summed E-state index contributed by atoms with van der Waals surface area (Å²) in [7, 11) is 0. The summed E-state index contributed by atoms with van der Waals surface area (Å²) in [6.07, 6.45) is 1.38. The number of carbonyl (C=O) groups excluding carboxylic acids is 1. The topological polar surface area (TPSA) is 105 Å². The molecule has 24 heavy (non-hydrogen) atoms. The Labute approximate surface area is 135 Å². The van der Waals surface area contributed by atoms with Gasteiger partial charge in [0.25, 0.3) is 5.91 Å². The number of rotatable bonds is 3. The normalized spacial score (nSPS) is 10.5. The molecule has 0 unspecified atom stereocenters. The van der Waals surface area contributed by atoms with E-state index in [1.807, 2.05) is 0 Å². The average molecular weight is 325 g/mol. The molecule has 0 spiro atoms. The summed E-state index contributed by atoms with van der Waals surface area (Å²) in [5.41, 5.74) is 5.97. The molecule has 0 aliphatic rings. The first kappa shape index (κ1) is 15.4. The van der Waals surface area contributed by atoms with E-state index < -0.39 is 17.7 Å². The zero-order valence-corrected chi connectivity index (χ0v) is 12.3. The Hall–Kier alpha value is -3.48.